The third-order valence-electron chi connectivity index (χ3n) is 3.04. The van der Waals surface area contributed by atoms with Crippen molar-refractivity contribution in [1.82, 2.24) is 5.32 Å². The van der Waals surface area contributed by atoms with E-state index in [2.05, 4.69) is 19.2 Å². The summed E-state index contributed by atoms with van der Waals surface area (Å²) in [6, 6.07) is 0. The van der Waals surface area contributed by atoms with E-state index in [1.165, 1.54) is 19.4 Å². The zero-order valence-electron chi connectivity index (χ0n) is 6.78. The SMILES string of the molecule is CC1C2=C(NCCC2)C1C. The zero-order chi connectivity index (χ0) is 7.14. The van der Waals surface area contributed by atoms with Crippen LogP contribution >= 0.6 is 0 Å². The Hall–Kier alpha value is -0.460. The fourth-order valence-corrected chi connectivity index (χ4v) is 2.13. The average Bonchev–Trinajstić information content (AvgIpc) is 2.03. The minimum Gasteiger partial charge on any atom is -0.388 e. The molecule has 10 heavy (non-hydrogen) atoms. The largest absolute Gasteiger partial charge is 0.388 e. The van der Waals surface area contributed by atoms with Gasteiger partial charge in [-0.15, -0.1) is 0 Å². The van der Waals surface area contributed by atoms with Crippen LogP contribution in [0.15, 0.2) is 11.3 Å². The molecule has 0 aromatic heterocycles. The molecule has 1 heterocycles. The zero-order valence-corrected chi connectivity index (χ0v) is 6.78. The van der Waals surface area contributed by atoms with Crippen molar-refractivity contribution in [3.05, 3.63) is 11.3 Å². The van der Waals surface area contributed by atoms with Gasteiger partial charge in [0.1, 0.15) is 0 Å². The Labute approximate surface area is 62.5 Å². The minimum atomic E-state index is 0.815. The fraction of sp³-hybridized carbons (Fsp3) is 0.778. The van der Waals surface area contributed by atoms with Crippen molar-refractivity contribution in [2.75, 3.05) is 6.54 Å². The maximum absolute atomic E-state index is 3.48. The molecule has 0 amide bonds. The summed E-state index contributed by atoms with van der Waals surface area (Å²) in [6.07, 6.45) is 2.70. The predicted molar refractivity (Wildman–Crippen MR) is 42.6 cm³/mol. The second kappa shape index (κ2) is 2.01. The molecule has 0 fully saturated rings. The molecule has 0 radical (unpaired) electrons. The van der Waals surface area contributed by atoms with E-state index in [4.69, 9.17) is 0 Å². The first-order valence-electron chi connectivity index (χ1n) is 4.27. The highest BCUT2D eigenvalue weighted by molar-refractivity contribution is 5.31. The second-order valence-corrected chi connectivity index (χ2v) is 3.55. The molecule has 0 saturated heterocycles. The summed E-state index contributed by atoms with van der Waals surface area (Å²) in [5, 5.41) is 3.48. The lowest BCUT2D eigenvalue weighted by Gasteiger charge is -2.41. The first-order valence-corrected chi connectivity index (χ1v) is 4.27. The maximum atomic E-state index is 3.48. The Kier molecular flexibility index (Phi) is 1.26. The Balaban J connectivity index is 2.21. The average molecular weight is 137 g/mol. The predicted octanol–water partition coefficient (Wildman–Crippen LogP) is 1.91. The van der Waals surface area contributed by atoms with E-state index in [0.717, 1.165) is 11.8 Å². The van der Waals surface area contributed by atoms with Crippen LogP contribution in [-0.2, 0) is 0 Å². The number of rotatable bonds is 0. The van der Waals surface area contributed by atoms with Gasteiger partial charge in [0, 0.05) is 18.2 Å². The Morgan fingerprint density at radius 1 is 1.30 bits per heavy atom. The van der Waals surface area contributed by atoms with Crippen LogP contribution in [0.4, 0.5) is 0 Å². The second-order valence-electron chi connectivity index (χ2n) is 3.55. The summed E-state index contributed by atoms with van der Waals surface area (Å²) in [6.45, 7) is 5.87. The van der Waals surface area contributed by atoms with Gasteiger partial charge in [-0.25, -0.2) is 0 Å². The topological polar surface area (TPSA) is 12.0 Å². The number of allylic oxidation sites excluding steroid dienone is 2. The Morgan fingerprint density at radius 2 is 2.10 bits per heavy atom. The molecule has 0 aromatic carbocycles. The summed E-state index contributed by atoms with van der Waals surface area (Å²) in [5.41, 5.74) is 3.28. The molecule has 1 aliphatic heterocycles. The quantitative estimate of drug-likeness (QED) is 0.537. The van der Waals surface area contributed by atoms with E-state index in [1.54, 1.807) is 11.3 Å². The third-order valence-corrected chi connectivity index (χ3v) is 3.04. The monoisotopic (exact) mass is 137 g/mol. The molecular formula is C9H15N. The lowest BCUT2D eigenvalue weighted by Crippen LogP contribution is -2.38. The van der Waals surface area contributed by atoms with Gasteiger partial charge in [-0.05, 0) is 24.3 Å². The van der Waals surface area contributed by atoms with Crippen molar-refractivity contribution in [3.63, 3.8) is 0 Å². The molecule has 56 valence electrons. The molecule has 1 aliphatic carbocycles. The van der Waals surface area contributed by atoms with Crippen molar-refractivity contribution in [1.29, 1.82) is 0 Å². The van der Waals surface area contributed by atoms with E-state index < -0.39 is 0 Å². The summed E-state index contributed by atoms with van der Waals surface area (Å²) in [4.78, 5) is 0. The molecule has 1 heteroatoms. The van der Waals surface area contributed by atoms with Crippen molar-refractivity contribution in [2.45, 2.75) is 26.7 Å². The van der Waals surface area contributed by atoms with Crippen molar-refractivity contribution in [2.24, 2.45) is 11.8 Å². The Morgan fingerprint density at radius 3 is 2.80 bits per heavy atom. The molecule has 0 aromatic rings. The normalized spacial score (nSPS) is 38.2. The van der Waals surface area contributed by atoms with Gasteiger partial charge in [0.2, 0.25) is 0 Å². The standard InChI is InChI=1S/C9H15N/c1-6-7(2)9-8(6)4-3-5-10-9/h6-7,10H,3-5H2,1-2H3. The van der Waals surface area contributed by atoms with Crippen LogP contribution in [-0.4, -0.2) is 6.54 Å². The van der Waals surface area contributed by atoms with Gasteiger partial charge in [0.15, 0.2) is 0 Å². The van der Waals surface area contributed by atoms with Crippen LogP contribution in [0.1, 0.15) is 26.7 Å². The van der Waals surface area contributed by atoms with E-state index in [0.29, 0.717) is 0 Å². The summed E-state index contributed by atoms with van der Waals surface area (Å²) in [7, 11) is 0. The molecule has 0 spiro atoms. The van der Waals surface area contributed by atoms with Crippen LogP contribution in [0.25, 0.3) is 0 Å². The van der Waals surface area contributed by atoms with E-state index in [9.17, 15) is 0 Å². The van der Waals surface area contributed by atoms with E-state index in [-0.39, 0.29) is 0 Å². The molecule has 1 N–H and O–H groups in total. The first kappa shape index (κ1) is 6.26. The Bertz CT molecular complexity index is 161. The molecule has 1 nitrogen and oxygen atoms in total. The van der Waals surface area contributed by atoms with Gasteiger partial charge >= 0.3 is 0 Å². The smallest absolute Gasteiger partial charge is 0.0147 e. The van der Waals surface area contributed by atoms with Crippen LogP contribution < -0.4 is 5.32 Å². The minimum absolute atomic E-state index is 0.815. The van der Waals surface area contributed by atoms with Gasteiger partial charge in [0.05, 0.1) is 0 Å². The number of nitrogens with one attached hydrogen (secondary N) is 1. The van der Waals surface area contributed by atoms with Crippen LogP contribution in [0, 0.1) is 11.8 Å². The summed E-state index contributed by atoms with van der Waals surface area (Å²) < 4.78 is 0. The first-order chi connectivity index (χ1) is 4.80. The number of hydrogen-bond acceptors (Lipinski definition) is 1. The maximum Gasteiger partial charge on any atom is 0.0147 e. The van der Waals surface area contributed by atoms with Gasteiger partial charge < -0.3 is 5.32 Å². The van der Waals surface area contributed by atoms with Gasteiger partial charge in [-0.3, -0.25) is 0 Å². The van der Waals surface area contributed by atoms with Gasteiger partial charge in [-0.2, -0.15) is 0 Å². The number of hydrogen-bond donors (Lipinski definition) is 1. The molecule has 0 bridgehead atoms. The third kappa shape index (κ3) is 0.635. The van der Waals surface area contributed by atoms with Gasteiger partial charge in [0.25, 0.3) is 0 Å². The molecule has 2 atom stereocenters. The molecule has 2 unspecified atom stereocenters. The molecule has 2 rings (SSSR count). The lowest BCUT2D eigenvalue weighted by atomic mass is 9.70. The molecular weight excluding hydrogens is 122 g/mol. The lowest BCUT2D eigenvalue weighted by molar-refractivity contribution is 0.351. The van der Waals surface area contributed by atoms with E-state index >= 15 is 0 Å². The summed E-state index contributed by atoms with van der Waals surface area (Å²) in [5.74, 6) is 1.68. The highest BCUT2D eigenvalue weighted by Crippen LogP contribution is 2.42. The highest BCUT2D eigenvalue weighted by Gasteiger charge is 2.34. The van der Waals surface area contributed by atoms with Crippen molar-refractivity contribution in [3.8, 4) is 0 Å². The van der Waals surface area contributed by atoms with E-state index in [1.807, 2.05) is 0 Å². The molecule has 2 aliphatic rings. The summed E-state index contributed by atoms with van der Waals surface area (Å²) >= 11 is 0. The van der Waals surface area contributed by atoms with Gasteiger partial charge in [-0.1, -0.05) is 13.8 Å². The molecule has 0 saturated carbocycles. The highest BCUT2D eigenvalue weighted by atomic mass is 14.9. The van der Waals surface area contributed by atoms with Crippen LogP contribution in [0.2, 0.25) is 0 Å². The van der Waals surface area contributed by atoms with Crippen molar-refractivity contribution >= 4 is 0 Å². The van der Waals surface area contributed by atoms with Crippen molar-refractivity contribution < 1.29 is 0 Å². The fourth-order valence-electron chi connectivity index (χ4n) is 2.13. The van der Waals surface area contributed by atoms with Crippen LogP contribution in [0.3, 0.4) is 0 Å². The van der Waals surface area contributed by atoms with Crippen LogP contribution in [0.5, 0.6) is 0 Å².